The summed E-state index contributed by atoms with van der Waals surface area (Å²) in [6.07, 6.45) is 0. The Kier molecular flexibility index (Phi) is 5.59. The molecular formula is C21H18N2O4S3. The summed E-state index contributed by atoms with van der Waals surface area (Å²) in [6.45, 7) is 1.73. The molecule has 2 N–H and O–H groups in total. The highest BCUT2D eigenvalue weighted by Crippen LogP contribution is 2.41. The molecular weight excluding hydrogens is 440 g/mol. The number of para-hydroxylation sites is 1. The number of phenolic OH excluding ortho intramolecular Hbond substituents is 1. The first-order valence-electron chi connectivity index (χ1n) is 8.89. The number of aryl methyl sites for hydroxylation is 1. The Bertz CT molecular complexity index is 1280. The van der Waals surface area contributed by atoms with Crippen LogP contribution in [-0.4, -0.2) is 25.6 Å². The van der Waals surface area contributed by atoms with Crippen molar-refractivity contribution in [3.05, 3.63) is 66.2 Å². The third-order valence-electron chi connectivity index (χ3n) is 4.39. The number of methoxy groups -OCH3 is 1. The molecule has 1 heterocycles. The van der Waals surface area contributed by atoms with Gasteiger partial charge in [-0.2, -0.15) is 0 Å². The molecule has 4 rings (SSSR count). The van der Waals surface area contributed by atoms with E-state index in [4.69, 9.17) is 4.74 Å². The molecule has 4 aromatic rings. The fraction of sp³-hybridized carbons (Fsp3) is 0.0952. The fourth-order valence-corrected chi connectivity index (χ4v) is 6.01. The lowest BCUT2D eigenvalue weighted by molar-refractivity contribution is 0.414. The summed E-state index contributed by atoms with van der Waals surface area (Å²) in [5, 5.41) is 10.4. The average molecular weight is 459 g/mol. The molecule has 0 amide bonds. The molecule has 0 saturated carbocycles. The second-order valence-electron chi connectivity index (χ2n) is 6.47. The van der Waals surface area contributed by atoms with Crippen LogP contribution in [0, 0.1) is 6.92 Å². The van der Waals surface area contributed by atoms with E-state index in [-0.39, 0.29) is 10.6 Å². The number of benzene rings is 3. The summed E-state index contributed by atoms with van der Waals surface area (Å²) in [4.78, 5) is 5.20. The molecule has 0 radical (unpaired) electrons. The van der Waals surface area contributed by atoms with Crippen molar-refractivity contribution in [2.45, 2.75) is 21.1 Å². The zero-order valence-electron chi connectivity index (χ0n) is 16.1. The van der Waals surface area contributed by atoms with Gasteiger partial charge in [-0.15, -0.1) is 11.3 Å². The molecule has 0 spiro atoms. The molecule has 30 heavy (non-hydrogen) atoms. The van der Waals surface area contributed by atoms with Crippen LogP contribution in [0.3, 0.4) is 0 Å². The van der Waals surface area contributed by atoms with E-state index in [9.17, 15) is 13.5 Å². The van der Waals surface area contributed by atoms with E-state index in [1.54, 1.807) is 31.2 Å². The molecule has 6 nitrogen and oxygen atoms in total. The van der Waals surface area contributed by atoms with Gasteiger partial charge in [0.2, 0.25) is 0 Å². The molecule has 0 aliphatic carbocycles. The fourth-order valence-electron chi connectivity index (χ4n) is 2.81. The van der Waals surface area contributed by atoms with Crippen LogP contribution in [0.25, 0.3) is 10.2 Å². The van der Waals surface area contributed by atoms with Gasteiger partial charge in [0.1, 0.15) is 11.5 Å². The van der Waals surface area contributed by atoms with Crippen LogP contribution in [0.4, 0.5) is 5.69 Å². The molecule has 0 fully saturated rings. The summed E-state index contributed by atoms with van der Waals surface area (Å²) in [5.41, 5.74) is 1.89. The Morgan fingerprint density at radius 3 is 2.53 bits per heavy atom. The molecule has 9 heteroatoms. The molecule has 3 aromatic carbocycles. The quantitative estimate of drug-likeness (QED) is 0.383. The Labute approximate surface area is 182 Å². The first-order valence-corrected chi connectivity index (χ1v) is 12.0. The van der Waals surface area contributed by atoms with Gasteiger partial charge in [0.25, 0.3) is 10.0 Å². The number of phenols is 1. The highest BCUT2D eigenvalue weighted by molar-refractivity contribution is 8.01. The van der Waals surface area contributed by atoms with E-state index >= 15 is 0 Å². The number of ether oxygens (including phenoxy) is 1. The lowest BCUT2D eigenvalue weighted by Gasteiger charge is -2.13. The van der Waals surface area contributed by atoms with Gasteiger partial charge >= 0.3 is 0 Å². The van der Waals surface area contributed by atoms with Crippen LogP contribution in [0.5, 0.6) is 11.5 Å². The average Bonchev–Trinajstić information content (AvgIpc) is 3.14. The highest BCUT2D eigenvalue weighted by atomic mass is 32.2. The number of thiazole rings is 1. The Morgan fingerprint density at radius 2 is 1.83 bits per heavy atom. The molecule has 0 aliphatic rings. The molecule has 0 atom stereocenters. The second kappa shape index (κ2) is 8.17. The summed E-state index contributed by atoms with van der Waals surface area (Å²) >= 11 is 2.81. The zero-order valence-corrected chi connectivity index (χ0v) is 18.6. The SMILES string of the molecule is COc1ccc(S(=O)(=O)Nc2cc(Sc3nc4ccccc4s3)c(O)cc2C)cc1. The Morgan fingerprint density at radius 1 is 1.10 bits per heavy atom. The molecule has 0 saturated heterocycles. The van der Waals surface area contributed by atoms with Crippen LogP contribution in [0.2, 0.25) is 0 Å². The number of hydrogen-bond donors (Lipinski definition) is 2. The monoisotopic (exact) mass is 458 g/mol. The third kappa shape index (κ3) is 4.23. The van der Waals surface area contributed by atoms with Crippen LogP contribution < -0.4 is 9.46 Å². The van der Waals surface area contributed by atoms with E-state index in [1.165, 1.54) is 42.3 Å². The van der Waals surface area contributed by atoms with Crippen molar-refractivity contribution >= 4 is 49.0 Å². The number of aromatic hydroxyl groups is 1. The number of anilines is 1. The largest absolute Gasteiger partial charge is 0.507 e. The van der Waals surface area contributed by atoms with Gasteiger partial charge in [0.15, 0.2) is 4.34 Å². The van der Waals surface area contributed by atoms with Gasteiger partial charge in [-0.3, -0.25) is 4.72 Å². The van der Waals surface area contributed by atoms with E-state index in [0.29, 0.717) is 21.9 Å². The van der Waals surface area contributed by atoms with Crippen molar-refractivity contribution < 1.29 is 18.3 Å². The van der Waals surface area contributed by atoms with Crippen molar-refractivity contribution in [1.29, 1.82) is 0 Å². The summed E-state index contributed by atoms with van der Waals surface area (Å²) in [7, 11) is -2.27. The Hall–Kier alpha value is -2.75. The predicted molar refractivity (Wildman–Crippen MR) is 120 cm³/mol. The topological polar surface area (TPSA) is 88.5 Å². The maximum atomic E-state index is 12.8. The van der Waals surface area contributed by atoms with Gasteiger partial charge in [-0.05, 0) is 61.0 Å². The standard InChI is InChI=1S/C21H18N2O4S3/c1-13-11-18(24)20(29-21-22-16-5-3-4-6-19(16)28-21)12-17(13)23-30(25,26)15-9-7-14(27-2)8-10-15/h3-12,23-24H,1-2H3. The number of rotatable bonds is 6. The van der Waals surface area contributed by atoms with Crippen molar-refractivity contribution in [3.63, 3.8) is 0 Å². The van der Waals surface area contributed by atoms with Crippen molar-refractivity contribution in [3.8, 4) is 11.5 Å². The predicted octanol–water partition coefficient (Wildman–Crippen LogP) is 5.27. The van der Waals surface area contributed by atoms with Crippen LogP contribution >= 0.6 is 23.1 Å². The Balaban J connectivity index is 1.63. The zero-order chi connectivity index (χ0) is 21.3. The first-order chi connectivity index (χ1) is 14.4. The number of fused-ring (bicyclic) bond motifs is 1. The lowest BCUT2D eigenvalue weighted by atomic mass is 10.2. The number of nitrogens with zero attached hydrogens (tertiary/aromatic N) is 1. The number of aromatic nitrogens is 1. The molecule has 0 unspecified atom stereocenters. The minimum atomic E-state index is -3.79. The molecule has 1 aromatic heterocycles. The first kappa shape index (κ1) is 20.5. The molecule has 0 bridgehead atoms. The summed E-state index contributed by atoms with van der Waals surface area (Å²) in [5.74, 6) is 0.647. The second-order valence-corrected chi connectivity index (χ2v) is 10.5. The van der Waals surface area contributed by atoms with Crippen molar-refractivity contribution in [1.82, 2.24) is 4.98 Å². The smallest absolute Gasteiger partial charge is 0.261 e. The lowest BCUT2D eigenvalue weighted by Crippen LogP contribution is -2.13. The summed E-state index contributed by atoms with van der Waals surface area (Å²) in [6, 6.07) is 17.1. The maximum Gasteiger partial charge on any atom is 0.261 e. The van der Waals surface area contributed by atoms with Crippen molar-refractivity contribution in [2.24, 2.45) is 0 Å². The van der Waals surface area contributed by atoms with Crippen LogP contribution in [0.1, 0.15) is 5.56 Å². The van der Waals surface area contributed by atoms with E-state index in [1.807, 2.05) is 24.3 Å². The van der Waals surface area contributed by atoms with Crippen LogP contribution in [0.15, 0.2) is 74.8 Å². The van der Waals surface area contributed by atoms with Crippen molar-refractivity contribution in [2.75, 3.05) is 11.8 Å². The number of hydrogen-bond acceptors (Lipinski definition) is 7. The molecule has 0 aliphatic heterocycles. The summed E-state index contributed by atoms with van der Waals surface area (Å²) < 4.78 is 35.1. The minimum absolute atomic E-state index is 0.0733. The normalized spacial score (nSPS) is 11.5. The highest BCUT2D eigenvalue weighted by Gasteiger charge is 2.18. The minimum Gasteiger partial charge on any atom is -0.507 e. The van der Waals surface area contributed by atoms with Gasteiger partial charge < -0.3 is 9.84 Å². The number of sulfonamides is 1. The van der Waals surface area contributed by atoms with Crippen LogP contribution in [-0.2, 0) is 10.0 Å². The third-order valence-corrected chi connectivity index (χ3v) is 7.92. The van der Waals surface area contributed by atoms with Gasteiger partial charge in [-0.25, -0.2) is 13.4 Å². The van der Waals surface area contributed by atoms with E-state index in [0.717, 1.165) is 14.6 Å². The van der Waals surface area contributed by atoms with Gasteiger partial charge in [0, 0.05) is 0 Å². The van der Waals surface area contributed by atoms with E-state index < -0.39 is 10.0 Å². The maximum absolute atomic E-state index is 12.8. The molecule has 154 valence electrons. The van der Waals surface area contributed by atoms with E-state index in [2.05, 4.69) is 9.71 Å². The van der Waals surface area contributed by atoms with Gasteiger partial charge in [-0.1, -0.05) is 23.9 Å². The number of nitrogens with one attached hydrogen (secondary N) is 1. The van der Waals surface area contributed by atoms with Gasteiger partial charge in [0.05, 0.1) is 32.8 Å².